The smallest absolute Gasteiger partial charge is 0.250 e. The molecule has 1 N–H and O–H groups in total. The molecule has 1 fully saturated rings. The Morgan fingerprint density at radius 1 is 1.00 bits per heavy atom. The van der Waals surface area contributed by atoms with Crippen molar-refractivity contribution in [3.63, 3.8) is 0 Å². The van der Waals surface area contributed by atoms with Gasteiger partial charge in [0, 0.05) is 6.04 Å². The van der Waals surface area contributed by atoms with Crippen LogP contribution in [0.2, 0.25) is 0 Å². The van der Waals surface area contributed by atoms with Gasteiger partial charge in [-0.2, -0.15) is 0 Å². The maximum Gasteiger partial charge on any atom is 0.250 e. The Bertz CT molecular complexity index is 698. The summed E-state index contributed by atoms with van der Waals surface area (Å²) in [5.74, 6) is 1.18. The van der Waals surface area contributed by atoms with Gasteiger partial charge in [-0.3, -0.25) is 9.59 Å². The van der Waals surface area contributed by atoms with Crippen molar-refractivity contribution in [2.24, 2.45) is 11.8 Å². The lowest BCUT2D eigenvalue weighted by Gasteiger charge is -2.35. The highest BCUT2D eigenvalue weighted by Gasteiger charge is 2.30. The van der Waals surface area contributed by atoms with Crippen LogP contribution in [0.1, 0.15) is 33.1 Å². The van der Waals surface area contributed by atoms with Crippen LogP contribution in [0.25, 0.3) is 11.1 Å². The van der Waals surface area contributed by atoms with Gasteiger partial charge in [0.05, 0.1) is 11.3 Å². The second-order valence-electron chi connectivity index (χ2n) is 6.29. The van der Waals surface area contributed by atoms with Gasteiger partial charge < -0.3 is 5.32 Å². The van der Waals surface area contributed by atoms with Gasteiger partial charge in [-0.15, -0.1) is 0 Å². The summed E-state index contributed by atoms with van der Waals surface area (Å²) < 4.78 is 0. The molecule has 3 rings (SSSR count). The van der Waals surface area contributed by atoms with Crippen molar-refractivity contribution in [2.45, 2.75) is 39.2 Å². The standard InChI is InChI=1S/C18H21NO2/c1-11-7-6-10-14(12(11)2)19-16-15(17(20)18(16)21)13-8-4-3-5-9-13/h3-5,8-9,11-12,14,19H,6-7,10H2,1-2H3/t11-,12-,14-/m1/s1. The summed E-state index contributed by atoms with van der Waals surface area (Å²) in [5, 5.41) is 3.37. The van der Waals surface area contributed by atoms with Gasteiger partial charge >= 0.3 is 0 Å². The molecule has 1 aliphatic carbocycles. The van der Waals surface area contributed by atoms with Gasteiger partial charge in [0.2, 0.25) is 10.9 Å². The summed E-state index contributed by atoms with van der Waals surface area (Å²) >= 11 is 0. The number of nitrogens with one attached hydrogen (secondary N) is 1. The number of hydrogen-bond donors (Lipinski definition) is 1. The van der Waals surface area contributed by atoms with Crippen LogP contribution < -0.4 is 16.2 Å². The Kier molecular flexibility index (Phi) is 3.66. The molecular weight excluding hydrogens is 262 g/mol. The summed E-state index contributed by atoms with van der Waals surface area (Å²) in [6.07, 6.45) is 3.49. The largest absolute Gasteiger partial charge is 0.378 e. The van der Waals surface area contributed by atoms with Crippen LogP contribution in [-0.4, -0.2) is 6.04 Å². The van der Waals surface area contributed by atoms with Crippen LogP contribution in [-0.2, 0) is 0 Å². The SMILES string of the molecule is C[C@@H]1[C@H](C)CCC[C@H]1Nc1c(-c2ccccc2)c(=O)c1=O. The third-order valence-corrected chi connectivity index (χ3v) is 5.01. The first-order valence-electron chi connectivity index (χ1n) is 7.75. The minimum Gasteiger partial charge on any atom is -0.378 e. The third-order valence-electron chi connectivity index (χ3n) is 5.01. The van der Waals surface area contributed by atoms with Crippen LogP contribution >= 0.6 is 0 Å². The summed E-state index contributed by atoms with van der Waals surface area (Å²) in [5.41, 5.74) is 1.20. The van der Waals surface area contributed by atoms with Gasteiger partial charge in [0.1, 0.15) is 0 Å². The van der Waals surface area contributed by atoms with E-state index >= 15 is 0 Å². The molecule has 0 unspecified atom stereocenters. The molecule has 0 aliphatic heterocycles. The zero-order valence-electron chi connectivity index (χ0n) is 12.6. The molecule has 3 atom stereocenters. The van der Waals surface area contributed by atoms with E-state index in [0.717, 1.165) is 12.0 Å². The van der Waals surface area contributed by atoms with E-state index in [0.29, 0.717) is 29.1 Å². The predicted molar refractivity (Wildman–Crippen MR) is 86.4 cm³/mol. The van der Waals surface area contributed by atoms with Crippen molar-refractivity contribution in [1.29, 1.82) is 0 Å². The Morgan fingerprint density at radius 3 is 2.43 bits per heavy atom. The zero-order valence-corrected chi connectivity index (χ0v) is 12.6. The van der Waals surface area contributed by atoms with E-state index < -0.39 is 0 Å². The average Bonchev–Trinajstić information content (AvgIpc) is 2.51. The number of rotatable bonds is 3. The van der Waals surface area contributed by atoms with Crippen molar-refractivity contribution in [3.8, 4) is 11.1 Å². The van der Waals surface area contributed by atoms with Gasteiger partial charge in [-0.1, -0.05) is 57.0 Å². The molecule has 110 valence electrons. The summed E-state index contributed by atoms with van der Waals surface area (Å²) in [7, 11) is 0. The molecule has 21 heavy (non-hydrogen) atoms. The Balaban J connectivity index is 1.89. The van der Waals surface area contributed by atoms with E-state index in [-0.39, 0.29) is 10.9 Å². The fourth-order valence-electron chi connectivity index (χ4n) is 3.38. The molecule has 1 aliphatic rings. The van der Waals surface area contributed by atoms with Crippen LogP contribution in [0.3, 0.4) is 0 Å². The lowest BCUT2D eigenvalue weighted by molar-refractivity contribution is 0.253. The van der Waals surface area contributed by atoms with Gasteiger partial charge in [-0.25, -0.2) is 0 Å². The summed E-state index contributed by atoms with van der Waals surface area (Å²) in [4.78, 5) is 23.8. The lowest BCUT2D eigenvalue weighted by Crippen LogP contribution is -2.42. The topological polar surface area (TPSA) is 46.2 Å². The monoisotopic (exact) mass is 283 g/mol. The zero-order chi connectivity index (χ0) is 15.0. The van der Waals surface area contributed by atoms with E-state index in [1.54, 1.807) is 0 Å². The van der Waals surface area contributed by atoms with Crippen molar-refractivity contribution in [2.75, 3.05) is 5.32 Å². The minimum atomic E-state index is -0.362. The maximum atomic E-state index is 11.9. The normalized spacial score (nSPS) is 25.9. The first-order chi connectivity index (χ1) is 10.1. The molecule has 2 aromatic rings. The van der Waals surface area contributed by atoms with Gasteiger partial charge in [0.15, 0.2) is 0 Å². The number of anilines is 1. The van der Waals surface area contributed by atoms with Gasteiger partial charge in [-0.05, 0) is 23.8 Å². The second kappa shape index (κ2) is 5.47. The first-order valence-corrected chi connectivity index (χ1v) is 7.75. The fourth-order valence-corrected chi connectivity index (χ4v) is 3.38. The molecule has 1 saturated carbocycles. The molecule has 3 heteroatoms. The molecule has 0 radical (unpaired) electrons. The highest BCUT2D eigenvalue weighted by atomic mass is 16.2. The third kappa shape index (κ3) is 2.41. The van der Waals surface area contributed by atoms with Crippen molar-refractivity contribution < 1.29 is 0 Å². The molecule has 2 aromatic carbocycles. The van der Waals surface area contributed by atoms with Crippen LogP contribution in [0.15, 0.2) is 39.9 Å². The highest BCUT2D eigenvalue weighted by molar-refractivity contribution is 5.82. The van der Waals surface area contributed by atoms with Gasteiger partial charge in [0.25, 0.3) is 0 Å². The van der Waals surface area contributed by atoms with Crippen LogP contribution in [0.4, 0.5) is 5.69 Å². The lowest BCUT2D eigenvalue weighted by atomic mass is 9.77. The quantitative estimate of drug-likeness (QED) is 0.880. The van der Waals surface area contributed by atoms with Crippen LogP contribution in [0, 0.1) is 11.8 Å². The fraction of sp³-hybridized carbons (Fsp3) is 0.444. The second-order valence-corrected chi connectivity index (χ2v) is 6.29. The van der Waals surface area contributed by atoms with Crippen LogP contribution in [0.5, 0.6) is 0 Å². The molecular formula is C18H21NO2. The number of benzene rings is 1. The Labute approximate surface area is 124 Å². The minimum absolute atomic E-state index is 0.291. The maximum absolute atomic E-state index is 11.9. The van der Waals surface area contributed by atoms with E-state index in [1.807, 2.05) is 30.3 Å². The molecule has 0 spiro atoms. The van der Waals surface area contributed by atoms with E-state index in [4.69, 9.17) is 0 Å². The van der Waals surface area contributed by atoms with Crippen molar-refractivity contribution in [1.82, 2.24) is 0 Å². The predicted octanol–water partition coefficient (Wildman–Crippen LogP) is 3.19. The van der Waals surface area contributed by atoms with Crippen molar-refractivity contribution >= 4 is 5.69 Å². The Morgan fingerprint density at radius 2 is 1.71 bits per heavy atom. The molecule has 0 saturated heterocycles. The summed E-state index contributed by atoms with van der Waals surface area (Å²) in [6.45, 7) is 4.49. The molecule has 0 amide bonds. The van der Waals surface area contributed by atoms with Crippen molar-refractivity contribution in [3.05, 3.63) is 50.8 Å². The van der Waals surface area contributed by atoms with E-state index in [2.05, 4.69) is 19.2 Å². The summed E-state index contributed by atoms with van der Waals surface area (Å²) in [6, 6.07) is 9.75. The average molecular weight is 283 g/mol. The molecule has 3 nitrogen and oxygen atoms in total. The number of hydrogen-bond acceptors (Lipinski definition) is 3. The molecule has 0 aromatic heterocycles. The molecule has 0 bridgehead atoms. The van der Waals surface area contributed by atoms with E-state index in [1.165, 1.54) is 12.8 Å². The first kappa shape index (κ1) is 14.1. The highest BCUT2D eigenvalue weighted by Crippen LogP contribution is 2.33. The Hall–Kier alpha value is -1.90. The van der Waals surface area contributed by atoms with E-state index in [9.17, 15) is 9.59 Å². The molecule has 0 heterocycles.